The van der Waals surface area contributed by atoms with Crippen molar-refractivity contribution < 1.29 is 0 Å². The summed E-state index contributed by atoms with van der Waals surface area (Å²) >= 11 is 6.09. The number of aromatic nitrogens is 5. The second-order valence-corrected chi connectivity index (χ2v) is 9.75. The Bertz CT molecular complexity index is 1550. The van der Waals surface area contributed by atoms with Crippen LogP contribution in [-0.4, -0.2) is 51.1 Å². The van der Waals surface area contributed by atoms with Crippen molar-refractivity contribution in [1.29, 1.82) is 0 Å². The van der Waals surface area contributed by atoms with Crippen LogP contribution in [0.15, 0.2) is 55.0 Å². The van der Waals surface area contributed by atoms with Gasteiger partial charge in [0.2, 0.25) is 0 Å². The summed E-state index contributed by atoms with van der Waals surface area (Å²) in [6.45, 7) is 3.75. The molecule has 7 rings (SSSR count). The van der Waals surface area contributed by atoms with Crippen molar-refractivity contribution in [2.24, 2.45) is 0 Å². The van der Waals surface area contributed by atoms with E-state index in [2.05, 4.69) is 31.2 Å². The number of hydrogen-bond acceptors (Lipinski definition) is 6. The number of hydrogen-bond donors (Lipinski definition) is 2. The molecule has 2 aliphatic rings. The molecule has 1 saturated heterocycles. The predicted octanol–water partition coefficient (Wildman–Crippen LogP) is 5.18. The van der Waals surface area contributed by atoms with Gasteiger partial charge in [-0.15, -0.1) is 0 Å². The van der Waals surface area contributed by atoms with Crippen LogP contribution in [0.1, 0.15) is 24.3 Å². The van der Waals surface area contributed by atoms with E-state index in [4.69, 9.17) is 21.6 Å². The van der Waals surface area contributed by atoms with Gasteiger partial charge in [0.25, 0.3) is 0 Å². The summed E-state index contributed by atoms with van der Waals surface area (Å²) in [6.07, 6.45) is 8.14. The first-order chi connectivity index (χ1) is 17.2. The molecule has 1 aliphatic carbocycles. The van der Waals surface area contributed by atoms with Crippen molar-refractivity contribution in [3.8, 4) is 22.6 Å². The normalized spacial score (nSPS) is 16.3. The second kappa shape index (κ2) is 8.29. The lowest BCUT2D eigenvalue weighted by atomic mass is 10.1. The topological polar surface area (TPSA) is 82.6 Å². The first kappa shape index (κ1) is 20.8. The summed E-state index contributed by atoms with van der Waals surface area (Å²) in [7, 11) is 0. The molecule has 2 fully saturated rings. The summed E-state index contributed by atoms with van der Waals surface area (Å²) in [5.74, 6) is 2.30. The van der Waals surface area contributed by atoms with Gasteiger partial charge >= 0.3 is 0 Å². The molecule has 4 aromatic heterocycles. The lowest BCUT2D eigenvalue weighted by molar-refractivity contribution is 0.586. The van der Waals surface area contributed by atoms with E-state index in [-0.39, 0.29) is 0 Å². The fourth-order valence-corrected chi connectivity index (χ4v) is 5.15. The van der Waals surface area contributed by atoms with Crippen LogP contribution < -0.4 is 10.2 Å². The maximum absolute atomic E-state index is 6.09. The van der Waals surface area contributed by atoms with Gasteiger partial charge in [0.05, 0.1) is 11.7 Å². The SMILES string of the molecule is Clc1ccc(-c2cc3c(-c4nc(N5CCNCC5)c5c(C6CC6)cncc5n4)ccnc3[nH]2)cc1. The Hall–Kier alpha value is -3.55. The number of H-pyrrole nitrogens is 1. The van der Waals surface area contributed by atoms with E-state index in [1.54, 1.807) is 0 Å². The lowest BCUT2D eigenvalue weighted by Crippen LogP contribution is -2.44. The molecule has 1 aromatic carbocycles. The van der Waals surface area contributed by atoms with Crippen LogP contribution in [0.25, 0.3) is 44.6 Å². The number of rotatable bonds is 4. The molecule has 35 heavy (non-hydrogen) atoms. The third kappa shape index (κ3) is 3.72. The first-order valence-electron chi connectivity index (χ1n) is 12.1. The molecular formula is C27H24ClN7. The minimum atomic E-state index is 0.571. The van der Waals surface area contributed by atoms with Gasteiger partial charge in [-0.3, -0.25) is 4.98 Å². The maximum atomic E-state index is 6.09. The number of fused-ring (bicyclic) bond motifs is 2. The van der Waals surface area contributed by atoms with Crippen molar-refractivity contribution in [3.63, 3.8) is 0 Å². The van der Waals surface area contributed by atoms with Crippen LogP contribution in [0, 0.1) is 0 Å². The van der Waals surface area contributed by atoms with E-state index in [0.717, 1.165) is 70.8 Å². The van der Waals surface area contributed by atoms with Crippen molar-refractivity contribution in [1.82, 2.24) is 30.2 Å². The van der Waals surface area contributed by atoms with Crippen molar-refractivity contribution in [2.75, 3.05) is 31.1 Å². The Kier molecular flexibility index (Phi) is 4.92. The van der Waals surface area contributed by atoms with Gasteiger partial charge in [-0.05, 0) is 54.2 Å². The third-order valence-electron chi connectivity index (χ3n) is 6.98. The third-order valence-corrected chi connectivity index (χ3v) is 7.23. The number of aromatic amines is 1. The Morgan fingerprint density at radius 3 is 2.60 bits per heavy atom. The molecule has 0 atom stereocenters. The number of anilines is 1. The molecule has 174 valence electrons. The summed E-state index contributed by atoms with van der Waals surface area (Å²) in [5, 5.41) is 6.33. The molecule has 5 aromatic rings. The van der Waals surface area contributed by atoms with Gasteiger partial charge in [-0.2, -0.15) is 0 Å². The van der Waals surface area contributed by atoms with Crippen LogP contribution in [0.4, 0.5) is 5.82 Å². The summed E-state index contributed by atoms with van der Waals surface area (Å²) < 4.78 is 0. The standard InChI is InChI=1S/C27H24ClN7/c28-18-5-3-17(4-6-18)22-13-20-19(7-8-31-25(20)32-22)26-33-23-15-30-14-21(16-1-2-16)24(23)27(34-26)35-11-9-29-10-12-35/h3-8,13-16,29H,1-2,9-12H2,(H,31,32). The first-order valence-corrected chi connectivity index (χ1v) is 12.5. The van der Waals surface area contributed by atoms with Crippen LogP contribution in [0.3, 0.4) is 0 Å². The van der Waals surface area contributed by atoms with Gasteiger partial charge in [0.1, 0.15) is 11.5 Å². The van der Waals surface area contributed by atoms with Crippen molar-refractivity contribution in [2.45, 2.75) is 18.8 Å². The highest BCUT2D eigenvalue weighted by Gasteiger charge is 2.29. The molecule has 0 amide bonds. The Balaban J connectivity index is 1.42. The number of benzene rings is 1. The van der Waals surface area contributed by atoms with Crippen LogP contribution >= 0.6 is 11.6 Å². The molecule has 0 unspecified atom stereocenters. The fourth-order valence-electron chi connectivity index (χ4n) is 5.03. The average Bonchev–Trinajstić information content (AvgIpc) is 3.66. The van der Waals surface area contributed by atoms with Gasteiger partial charge in [-0.1, -0.05) is 23.7 Å². The van der Waals surface area contributed by atoms with Gasteiger partial charge < -0.3 is 15.2 Å². The Labute approximate surface area is 207 Å². The summed E-state index contributed by atoms with van der Waals surface area (Å²) in [4.78, 5) is 25.2. The molecule has 2 N–H and O–H groups in total. The number of halogens is 1. The molecule has 1 aliphatic heterocycles. The number of pyridine rings is 2. The van der Waals surface area contributed by atoms with E-state index in [1.165, 1.54) is 18.4 Å². The van der Waals surface area contributed by atoms with Gasteiger partial charge in [0.15, 0.2) is 5.82 Å². The fraction of sp³-hybridized carbons (Fsp3) is 0.259. The molecular weight excluding hydrogens is 458 g/mol. The molecule has 0 bridgehead atoms. The average molecular weight is 482 g/mol. The zero-order valence-electron chi connectivity index (χ0n) is 19.1. The molecule has 0 spiro atoms. The molecule has 0 radical (unpaired) electrons. The molecule has 1 saturated carbocycles. The van der Waals surface area contributed by atoms with E-state index in [1.807, 2.05) is 48.9 Å². The van der Waals surface area contributed by atoms with Crippen LogP contribution in [0.5, 0.6) is 0 Å². The van der Waals surface area contributed by atoms with Crippen molar-refractivity contribution in [3.05, 3.63) is 65.6 Å². The van der Waals surface area contributed by atoms with Gasteiger partial charge in [-0.25, -0.2) is 15.0 Å². The second-order valence-electron chi connectivity index (χ2n) is 9.32. The highest BCUT2D eigenvalue weighted by atomic mass is 35.5. The lowest BCUT2D eigenvalue weighted by Gasteiger charge is -2.30. The molecule has 7 nitrogen and oxygen atoms in total. The zero-order chi connectivity index (χ0) is 23.4. The number of nitrogens with one attached hydrogen (secondary N) is 2. The van der Waals surface area contributed by atoms with Gasteiger partial charge in [0, 0.05) is 65.6 Å². The zero-order valence-corrected chi connectivity index (χ0v) is 19.9. The van der Waals surface area contributed by atoms with Crippen LogP contribution in [-0.2, 0) is 0 Å². The smallest absolute Gasteiger partial charge is 0.163 e. The summed E-state index contributed by atoms with van der Waals surface area (Å²) in [6, 6.07) is 11.9. The van der Waals surface area contributed by atoms with E-state index in [0.29, 0.717) is 16.8 Å². The minimum Gasteiger partial charge on any atom is -0.353 e. The number of nitrogens with zero attached hydrogens (tertiary/aromatic N) is 5. The monoisotopic (exact) mass is 481 g/mol. The predicted molar refractivity (Wildman–Crippen MR) is 140 cm³/mol. The minimum absolute atomic E-state index is 0.571. The van der Waals surface area contributed by atoms with Crippen LogP contribution in [0.2, 0.25) is 5.02 Å². The van der Waals surface area contributed by atoms with E-state index < -0.39 is 0 Å². The van der Waals surface area contributed by atoms with E-state index >= 15 is 0 Å². The Morgan fingerprint density at radius 2 is 1.80 bits per heavy atom. The molecule has 8 heteroatoms. The van der Waals surface area contributed by atoms with E-state index in [9.17, 15) is 0 Å². The highest BCUT2D eigenvalue weighted by molar-refractivity contribution is 6.30. The maximum Gasteiger partial charge on any atom is 0.163 e. The summed E-state index contributed by atoms with van der Waals surface area (Å²) in [5.41, 5.74) is 6.00. The quantitative estimate of drug-likeness (QED) is 0.368. The highest BCUT2D eigenvalue weighted by Crippen LogP contribution is 2.45. The van der Waals surface area contributed by atoms with Crippen molar-refractivity contribution >= 4 is 39.4 Å². The molecule has 5 heterocycles. The largest absolute Gasteiger partial charge is 0.353 e. The number of piperazine rings is 1. The Morgan fingerprint density at radius 1 is 0.971 bits per heavy atom.